The van der Waals surface area contributed by atoms with Crippen molar-refractivity contribution < 1.29 is 8.42 Å². The molecule has 1 aromatic carbocycles. The fourth-order valence-corrected chi connectivity index (χ4v) is 3.68. The van der Waals surface area contributed by atoms with Crippen molar-refractivity contribution in [2.24, 2.45) is 5.92 Å². The van der Waals surface area contributed by atoms with Crippen molar-refractivity contribution in [1.29, 1.82) is 0 Å². The molecule has 0 unspecified atom stereocenters. The zero-order valence-electron chi connectivity index (χ0n) is 11.8. The molecule has 4 nitrogen and oxygen atoms in total. The molecular weight excluding hydrogens is 260 g/mol. The summed E-state index contributed by atoms with van der Waals surface area (Å²) in [5.41, 5.74) is 2.76. The highest BCUT2D eigenvalue weighted by molar-refractivity contribution is 7.90. The minimum Gasteiger partial charge on any atom is -0.271 e. The molecule has 0 aliphatic carbocycles. The van der Waals surface area contributed by atoms with E-state index < -0.39 is 10.2 Å². The SMILES string of the molecule is Cc1ccc(NS(=O)(=O)N2CCC(C)CC2)c(C)c1. The van der Waals surface area contributed by atoms with E-state index in [4.69, 9.17) is 0 Å². The van der Waals surface area contributed by atoms with E-state index >= 15 is 0 Å². The zero-order chi connectivity index (χ0) is 14.0. The molecular formula is C14H22N2O2S. The number of hydrogen-bond acceptors (Lipinski definition) is 2. The highest BCUT2D eigenvalue weighted by Gasteiger charge is 2.26. The van der Waals surface area contributed by atoms with Crippen LogP contribution in [-0.2, 0) is 10.2 Å². The van der Waals surface area contributed by atoms with Crippen molar-refractivity contribution in [2.45, 2.75) is 33.6 Å². The number of rotatable bonds is 3. The topological polar surface area (TPSA) is 49.4 Å². The molecule has 0 spiro atoms. The van der Waals surface area contributed by atoms with Crippen LogP contribution in [0.5, 0.6) is 0 Å². The molecule has 1 aliphatic rings. The van der Waals surface area contributed by atoms with Crippen LogP contribution in [0.3, 0.4) is 0 Å². The van der Waals surface area contributed by atoms with Crippen LogP contribution in [-0.4, -0.2) is 25.8 Å². The Morgan fingerprint density at radius 1 is 1.21 bits per heavy atom. The molecule has 1 aliphatic heterocycles. The van der Waals surface area contributed by atoms with Crippen LogP contribution >= 0.6 is 0 Å². The number of nitrogens with zero attached hydrogens (tertiary/aromatic N) is 1. The molecule has 0 radical (unpaired) electrons. The van der Waals surface area contributed by atoms with E-state index in [0.29, 0.717) is 24.7 Å². The third-order valence-corrected chi connectivity index (χ3v) is 5.23. The summed E-state index contributed by atoms with van der Waals surface area (Å²) >= 11 is 0. The number of aryl methyl sites for hydroxylation is 2. The van der Waals surface area contributed by atoms with E-state index in [1.807, 2.05) is 32.0 Å². The molecule has 106 valence electrons. The summed E-state index contributed by atoms with van der Waals surface area (Å²) in [7, 11) is -3.41. The van der Waals surface area contributed by atoms with Gasteiger partial charge in [-0.3, -0.25) is 4.72 Å². The number of benzene rings is 1. The number of hydrogen-bond donors (Lipinski definition) is 1. The second kappa shape index (κ2) is 5.51. The molecule has 0 aromatic heterocycles. The summed E-state index contributed by atoms with van der Waals surface area (Å²) in [6.45, 7) is 7.31. The Balaban J connectivity index is 2.12. The molecule has 0 amide bonds. The predicted molar refractivity (Wildman–Crippen MR) is 78.4 cm³/mol. The molecule has 1 fully saturated rings. The molecule has 5 heteroatoms. The molecule has 0 bridgehead atoms. The van der Waals surface area contributed by atoms with Crippen LogP contribution < -0.4 is 4.72 Å². The highest BCUT2D eigenvalue weighted by atomic mass is 32.2. The van der Waals surface area contributed by atoms with Crippen LogP contribution in [0.1, 0.15) is 30.9 Å². The Hall–Kier alpha value is -1.07. The molecule has 1 N–H and O–H groups in total. The quantitative estimate of drug-likeness (QED) is 0.926. The summed E-state index contributed by atoms with van der Waals surface area (Å²) in [5.74, 6) is 0.618. The van der Waals surface area contributed by atoms with E-state index in [0.717, 1.165) is 24.0 Å². The van der Waals surface area contributed by atoms with Crippen molar-refractivity contribution in [3.05, 3.63) is 29.3 Å². The van der Waals surface area contributed by atoms with Gasteiger partial charge in [-0.15, -0.1) is 0 Å². The maximum absolute atomic E-state index is 12.3. The van der Waals surface area contributed by atoms with Crippen LogP contribution in [0, 0.1) is 19.8 Å². The number of anilines is 1. The molecule has 1 heterocycles. The largest absolute Gasteiger partial charge is 0.301 e. The van der Waals surface area contributed by atoms with Crippen LogP contribution in [0.25, 0.3) is 0 Å². The van der Waals surface area contributed by atoms with Gasteiger partial charge in [0.1, 0.15) is 0 Å². The number of piperidine rings is 1. The third-order valence-electron chi connectivity index (χ3n) is 3.70. The summed E-state index contributed by atoms with van der Waals surface area (Å²) in [5, 5.41) is 0. The van der Waals surface area contributed by atoms with E-state index in [9.17, 15) is 8.42 Å². The maximum Gasteiger partial charge on any atom is 0.301 e. The normalized spacial score (nSPS) is 18.5. The maximum atomic E-state index is 12.3. The first-order valence-electron chi connectivity index (χ1n) is 6.73. The lowest BCUT2D eigenvalue weighted by atomic mass is 10.0. The minimum atomic E-state index is -3.41. The minimum absolute atomic E-state index is 0.613. The average molecular weight is 282 g/mol. The van der Waals surface area contributed by atoms with Gasteiger partial charge in [0.2, 0.25) is 0 Å². The molecule has 1 saturated heterocycles. The smallest absolute Gasteiger partial charge is 0.271 e. The lowest BCUT2D eigenvalue weighted by Gasteiger charge is -2.29. The van der Waals surface area contributed by atoms with E-state index in [1.165, 1.54) is 0 Å². The first-order valence-corrected chi connectivity index (χ1v) is 8.17. The lowest BCUT2D eigenvalue weighted by molar-refractivity contribution is 0.289. The summed E-state index contributed by atoms with van der Waals surface area (Å²) in [6, 6.07) is 5.73. The Bertz CT molecular complexity index is 547. The first-order chi connectivity index (χ1) is 8.88. The lowest BCUT2D eigenvalue weighted by Crippen LogP contribution is -2.41. The Kier molecular flexibility index (Phi) is 4.16. The van der Waals surface area contributed by atoms with Gasteiger partial charge in [0.25, 0.3) is 0 Å². The average Bonchev–Trinajstić information content (AvgIpc) is 2.33. The zero-order valence-corrected chi connectivity index (χ0v) is 12.6. The van der Waals surface area contributed by atoms with Crippen LogP contribution in [0.4, 0.5) is 5.69 Å². The van der Waals surface area contributed by atoms with Gasteiger partial charge in [0.05, 0.1) is 5.69 Å². The van der Waals surface area contributed by atoms with Crippen LogP contribution in [0.2, 0.25) is 0 Å². The second-order valence-electron chi connectivity index (χ2n) is 5.51. The van der Waals surface area contributed by atoms with Gasteiger partial charge in [0, 0.05) is 13.1 Å². The molecule has 1 aromatic rings. The summed E-state index contributed by atoms with van der Waals surface area (Å²) in [6.07, 6.45) is 1.88. The van der Waals surface area contributed by atoms with Gasteiger partial charge in [-0.1, -0.05) is 24.6 Å². The van der Waals surface area contributed by atoms with Crippen molar-refractivity contribution in [1.82, 2.24) is 4.31 Å². The van der Waals surface area contributed by atoms with E-state index in [2.05, 4.69) is 11.6 Å². The van der Waals surface area contributed by atoms with Crippen molar-refractivity contribution >= 4 is 15.9 Å². The monoisotopic (exact) mass is 282 g/mol. The predicted octanol–water partition coefficient (Wildman–Crippen LogP) is 2.69. The van der Waals surface area contributed by atoms with E-state index in [-0.39, 0.29) is 0 Å². The van der Waals surface area contributed by atoms with Gasteiger partial charge in [-0.05, 0) is 44.2 Å². The number of nitrogens with one attached hydrogen (secondary N) is 1. The molecule has 19 heavy (non-hydrogen) atoms. The molecule has 0 atom stereocenters. The highest BCUT2D eigenvalue weighted by Crippen LogP contribution is 2.22. The summed E-state index contributed by atoms with van der Waals surface area (Å²) < 4.78 is 28.9. The van der Waals surface area contributed by atoms with Gasteiger partial charge in [-0.25, -0.2) is 0 Å². The standard InChI is InChI=1S/C14H22N2O2S/c1-11-6-8-16(9-7-11)19(17,18)15-14-5-4-12(2)10-13(14)3/h4-5,10-11,15H,6-9H2,1-3H3. The van der Waals surface area contributed by atoms with Crippen molar-refractivity contribution in [2.75, 3.05) is 17.8 Å². The molecule has 0 saturated carbocycles. The Labute approximate surface area is 116 Å². The van der Waals surface area contributed by atoms with E-state index in [1.54, 1.807) is 4.31 Å². The van der Waals surface area contributed by atoms with Gasteiger partial charge >= 0.3 is 10.2 Å². The van der Waals surface area contributed by atoms with Crippen molar-refractivity contribution in [3.63, 3.8) is 0 Å². The van der Waals surface area contributed by atoms with Crippen LogP contribution in [0.15, 0.2) is 18.2 Å². The third kappa shape index (κ3) is 3.48. The first kappa shape index (κ1) is 14.3. The fourth-order valence-electron chi connectivity index (χ4n) is 2.36. The Morgan fingerprint density at radius 2 is 1.84 bits per heavy atom. The second-order valence-corrected chi connectivity index (χ2v) is 7.18. The Morgan fingerprint density at radius 3 is 2.42 bits per heavy atom. The summed E-state index contributed by atoms with van der Waals surface area (Å²) in [4.78, 5) is 0. The molecule has 2 rings (SSSR count). The van der Waals surface area contributed by atoms with Crippen molar-refractivity contribution in [3.8, 4) is 0 Å². The fraction of sp³-hybridized carbons (Fsp3) is 0.571. The van der Waals surface area contributed by atoms with Gasteiger partial charge in [0.15, 0.2) is 0 Å². The van der Waals surface area contributed by atoms with Gasteiger partial charge in [-0.2, -0.15) is 12.7 Å². The van der Waals surface area contributed by atoms with Gasteiger partial charge < -0.3 is 0 Å².